The van der Waals surface area contributed by atoms with Crippen LogP contribution < -0.4 is 10.6 Å². The molecule has 1 unspecified atom stereocenters. The minimum absolute atomic E-state index is 0.459. The lowest BCUT2D eigenvalue weighted by molar-refractivity contribution is 0.666. The molecule has 1 aromatic rings. The zero-order chi connectivity index (χ0) is 11.0. The molecule has 1 saturated carbocycles. The largest absolute Gasteiger partial charge is 0.351 e. The van der Waals surface area contributed by atoms with Crippen LogP contribution in [0.25, 0.3) is 0 Å². The third kappa shape index (κ3) is 1.78. The Morgan fingerprint density at radius 1 is 1.25 bits per heavy atom. The zero-order valence-electron chi connectivity index (χ0n) is 9.47. The van der Waals surface area contributed by atoms with E-state index in [2.05, 4.69) is 27.2 Å². The van der Waals surface area contributed by atoms with Gasteiger partial charge in [0.1, 0.15) is 0 Å². The average molecular weight is 218 g/mol. The highest BCUT2D eigenvalue weighted by Crippen LogP contribution is 2.38. The molecular formula is C12H18N4. The van der Waals surface area contributed by atoms with Gasteiger partial charge in [0, 0.05) is 25.0 Å². The molecule has 0 aromatic carbocycles. The monoisotopic (exact) mass is 218 g/mol. The first-order chi connectivity index (χ1) is 7.88. The molecule has 3 rings (SSSR count). The van der Waals surface area contributed by atoms with Gasteiger partial charge in [-0.2, -0.15) is 5.10 Å². The van der Waals surface area contributed by atoms with E-state index in [1.807, 2.05) is 0 Å². The van der Waals surface area contributed by atoms with Crippen LogP contribution in [0, 0.1) is 0 Å². The van der Waals surface area contributed by atoms with Crippen molar-refractivity contribution in [3.05, 3.63) is 17.8 Å². The lowest BCUT2D eigenvalue weighted by Gasteiger charge is -2.23. The molecule has 86 valence electrons. The molecule has 2 heterocycles. The minimum Gasteiger partial charge on any atom is -0.351 e. The smallest absolute Gasteiger partial charge is 0.151 e. The molecule has 16 heavy (non-hydrogen) atoms. The predicted octanol–water partition coefficient (Wildman–Crippen LogP) is 1.28. The highest BCUT2D eigenvalue weighted by Gasteiger charge is 2.27. The molecule has 2 N–H and O–H groups in total. The Labute approximate surface area is 95.8 Å². The van der Waals surface area contributed by atoms with Gasteiger partial charge in [0.05, 0.1) is 5.69 Å². The van der Waals surface area contributed by atoms with Crippen molar-refractivity contribution >= 4 is 5.82 Å². The number of rotatable bonds is 3. The van der Waals surface area contributed by atoms with Crippen molar-refractivity contribution < 1.29 is 0 Å². The molecule has 2 fully saturated rings. The molecule has 0 bridgehead atoms. The molecule has 0 amide bonds. The summed E-state index contributed by atoms with van der Waals surface area (Å²) >= 11 is 0. The van der Waals surface area contributed by atoms with Crippen molar-refractivity contribution in [1.82, 2.24) is 10.2 Å². The fourth-order valence-electron chi connectivity index (χ4n) is 2.47. The summed E-state index contributed by atoms with van der Waals surface area (Å²) in [6.07, 6.45) is 4.96. The van der Waals surface area contributed by atoms with Crippen molar-refractivity contribution in [1.29, 1.82) is 0 Å². The lowest BCUT2D eigenvalue weighted by atomic mass is 10.2. The van der Waals surface area contributed by atoms with E-state index < -0.39 is 0 Å². The molecule has 1 aromatic heterocycles. The molecule has 1 atom stereocenters. The average Bonchev–Trinajstić information content (AvgIpc) is 3.07. The molecule has 2 aliphatic rings. The summed E-state index contributed by atoms with van der Waals surface area (Å²) < 4.78 is 0. The molecule has 1 aliphatic carbocycles. The summed E-state index contributed by atoms with van der Waals surface area (Å²) in [5.41, 5.74) is 6.92. The van der Waals surface area contributed by atoms with E-state index in [9.17, 15) is 0 Å². The Hall–Kier alpha value is -1.16. The van der Waals surface area contributed by atoms with Gasteiger partial charge < -0.3 is 10.6 Å². The van der Waals surface area contributed by atoms with Gasteiger partial charge in [-0.15, -0.1) is 5.10 Å². The number of hydrogen-bond acceptors (Lipinski definition) is 4. The van der Waals surface area contributed by atoms with Gasteiger partial charge >= 0.3 is 0 Å². The molecule has 1 saturated heterocycles. The fraction of sp³-hybridized carbons (Fsp3) is 0.667. The standard InChI is InChI=1S/C12H18N4/c13-8-10-2-1-7-16(10)12-6-5-11(14-15-12)9-3-4-9/h5-6,9-10H,1-4,7-8,13H2. The topological polar surface area (TPSA) is 55.0 Å². The van der Waals surface area contributed by atoms with Crippen molar-refractivity contribution in [2.75, 3.05) is 18.0 Å². The van der Waals surface area contributed by atoms with Crippen LogP contribution >= 0.6 is 0 Å². The van der Waals surface area contributed by atoms with E-state index in [1.165, 1.54) is 25.7 Å². The normalized spacial score (nSPS) is 25.1. The highest BCUT2D eigenvalue weighted by molar-refractivity contribution is 5.40. The molecule has 1 aliphatic heterocycles. The van der Waals surface area contributed by atoms with Gasteiger partial charge in [-0.1, -0.05) is 0 Å². The number of hydrogen-bond donors (Lipinski definition) is 1. The molecule has 0 radical (unpaired) electrons. The maximum atomic E-state index is 5.76. The first-order valence-corrected chi connectivity index (χ1v) is 6.19. The first-order valence-electron chi connectivity index (χ1n) is 6.19. The quantitative estimate of drug-likeness (QED) is 0.830. The van der Waals surface area contributed by atoms with Gasteiger partial charge in [0.15, 0.2) is 5.82 Å². The second-order valence-electron chi connectivity index (χ2n) is 4.82. The van der Waals surface area contributed by atoms with Crippen LogP contribution in [0.3, 0.4) is 0 Å². The number of nitrogens with zero attached hydrogens (tertiary/aromatic N) is 3. The molecule has 0 spiro atoms. The molecule has 4 nitrogen and oxygen atoms in total. The Kier molecular flexibility index (Phi) is 2.52. The second kappa shape index (κ2) is 4.01. The minimum atomic E-state index is 0.459. The number of aromatic nitrogens is 2. The summed E-state index contributed by atoms with van der Waals surface area (Å²) in [6.45, 7) is 1.78. The summed E-state index contributed by atoms with van der Waals surface area (Å²) in [4.78, 5) is 2.30. The van der Waals surface area contributed by atoms with Crippen LogP contribution in [0.5, 0.6) is 0 Å². The van der Waals surface area contributed by atoms with Crippen LogP contribution in [0.2, 0.25) is 0 Å². The van der Waals surface area contributed by atoms with E-state index in [1.54, 1.807) is 0 Å². The molecule has 4 heteroatoms. The SMILES string of the molecule is NCC1CCCN1c1ccc(C2CC2)nn1. The lowest BCUT2D eigenvalue weighted by Crippen LogP contribution is -2.36. The van der Waals surface area contributed by atoms with Gasteiger partial charge in [0.25, 0.3) is 0 Å². The van der Waals surface area contributed by atoms with Crippen molar-refractivity contribution in [3.63, 3.8) is 0 Å². The fourth-order valence-corrected chi connectivity index (χ4v) is 2.47. The van der Waals surface area contributed by atoms with E-state index in [-0.39, 0.29) is 0 Å². The van der Waals surface area contributed by atoms with E-state index in [0.717, 1.165) is 18.1 Å². The first kappa shape index (κ1) is 10.0. The van der Waals surface area contributed by atoms with Gasteiger partial charge in [0.2, 0.25) is 0 Å². The number of anilines is 1. The van der Waals surface area contributed by atoms with Gasteiger partial charge in [-0.25, -0.2) is 0 Å². The van der Waals surface area contributed by atoms with E-state index in [0.29, 0.717) is 18.5 Å². The maximum Gasteiger partial charge on any atom is 0.151 e. The van der Waals surface area contributed by atoms with E-state index >= 15 is 0 Å². The summed E-state index contributed by atoms with van der Waals surface area (Å²) in [7, 11) is 0. The van der Waals surface area contributed by atoms with Crippen LogP contribution in [0.15, 0.2) is 12.1 Å². The van der Waals surface area contributed by atoms with Gasteiger partial charge in [-0.05, 0) is 37.8 Å². The Morgan fingerprint density at radius 2 is 2.12 bits per heavy atom. The zero-order valence-corrected chi connectivity index (χ0v) is 9.47. The van der Waals surface area contributed by atoms with Crippen LogP contribution in [-0.2, 0) is 0 Å². The van der Waals surface area contributed by atoms with Gasteiger partial charge in [-0.3, -0.25) is 0 Å². The van der Waals surface area contributed by atoms with Crippen molar-refractivity contribution in [3.8, 4) is 0 Å². The third-order valence-corrected chi connectivity index (χ3v) is 3.61. The third-order valence-electron chi connectivity index (χ3n) is 3.61. The van der Waals surface area contributed by atoms with Crippen molar-refractivity contribution in [2.45, 2.75) is 37.6 Å². The molecular weight excluding hydrogens is 200 g/mol. The summed E-state index contributed by atoms with van der Waals surface area (Å²) in [5.74, 6) is 1.68. The Bertz CT molecular complexity index is 358. The second-order valence-corrected chi connectivity index (χ2v) is 4.82. The summed E-state index contributed by atoms with van der Waals surface area (Å²) in [5, 5.41) is 8.66. The number of nitrogens with two attached hydrogens (primary N) is 1. The van der Waals surface area contributed by atoms with Crippen LogP contribution in [-0.4, -0.2) is 29.3 Å². The van der Waals surface area contributed by atoms with Crippen molar-refractivity contribution in [2.24, 2.45) is 5.73 Å². The van der Waals surface area contributed by atoms with Crippen LogP contribution in [0.4, 0.5) is 5.82 Å². The predicted molar refractivity (Wildman–Crippen MR) is 63.4 cm³/mol. The van der Waals surface area contributed by atoms with E-state index in [4.69, 9.17) is 5.73 Å². The summed E-state index contributed by atoms with van der Waals surface area (Å²) in [6, 6.07) is 4.70. The van der Waals surface area contributed by atoms with Crippen LogP contribution in [0.1, 0.15) is 37.3 Å². The highest BCUT2D eigenvalue weighted by atomic mass is 15.3. The maximum absolute atomic E-state index is 5.76. The Balaban J connectivity index is 1.77. The Morgan fingerprint density at radius 3 is 2.75 bits per heavy atom.